The molecular formula is C17H20FN. The fourth-order valence-corrected chi connectivity index (χ4v) is 2.24. The van der Waals surface area contributed by atoms with Gasteiger partial charge in [-0.3, -0.25) is 0 Å². The third-order valence-electron chi connectivity index (χ3n) is 3.32. The largest absolute Gasteiger partial charge is 0.313 e. The highest BCUT2D eigenvalue weighted by Crippen LogP contribution is 2.28. The minimum atomic E-state index is -0.184. The van der Waals surface area contributed by atoms with Crippen LogP contribution in [0, 0.1) is 19.7 Å². The van der Waals surface area contributed by atoms with E-state index in [0.717, 1.165) is 29.8 Å². The number of rotatable bonds is 4. The number of nitrogens with one attached hydrogen (secondary N) is 1. The van der Waals surface area contributed by atoms with Crippen molar-refractivity contribution in [3.05, 3.63) is 58.9 Å². The molecule has 0 aliphatic heterocycles. The summed E-state index contributed by atoms with van der Waals surface area (Å²) in [6.45, 7) is 7.90. The van der Waals surface area contributed by atoms with Crippen LogP contribution in [0.2, 0.25) is 0 Å². The molecule has 0 spiro atoms. The Labute approximate surface area is 114 Å². The first-order valence-corrected chi connectivity index (χ1v) is 6.68. The maximum atomic E-state index is 13.5. The van der Waals surface area contributed by atoms with E-state index in [-0.39, 0.29) is 5.82 Å². The van der Waals surface area contributed by atoms with Crippen LogP contribution in [-0.4, -0.2) is 6.54 Å². The Morgan fingerprint density at radius 1 is 1.00 bits per heavy atom. The van der Waals surface area contributed by atoms with Crippen LogP contribution >= 0.6 is 0 Å². The Morgan fingerprint density at radius 2 is 1.79 bits per heavy atom. The first-order valence-electron chi connectivity index (χ1n) is 6.68. The molecule has 0 aliphatic carbocycles. The molecule has 0 fully saturated rings. The quantitative estimate of drug-likeness (QED) is 0.864. The molecule has 0 bridgehead atoms. The van der Waals surface area contributed by atoms with Crippen molar-refractivity contribution in [2.75, 3.05) is 6.54 Å². The predicted octanol–water partition coefficient (Wildman–Crippen LogP) is 4.22. The average Bonchev–Trinajstić information content (AvgIpc) is 2.40. The fourth-order valence-electron chi connectivity index (χ4n) is 2.24. The molecule has 0 saturated heterocycles. The van der Waals surface area contributed by atoms with Gasteiger partial charge in [0.15, 0.2) is 0 Å². The second kappa shape index (κ2) is 5.98. The summed E-state index contributed by atoms with van der Waals surface area (Å²) in [5.74, 6) is -0.184. The van der Waals surface area contributed by atoms with E-state index >= 15 is 0 Å². The smallest absolute Gasteiger partial charge is 0.123 e. The van der Waals surface area contributed by atoms with E-state index in [0.29, 0.717) is 0 Å². The Bertz CT molecular complexity index is 575. The molecule has 19 heavy (non-hydrogen) atoms. The number of halogens is 1. The monoisotopic (exact) mass is 257 g/mol. The Morgan fingerprint density at radius 3 is 2.53 bits per heavy atom. The number of aryl methyl sites for hydroxylation is 2. The zero-order valence-electron chi connectivity index (χ0n) is 11.8. The van der Waals surface area contributed by atoms with Crippen molar-refractivity contribution in [1.82, 2.24) is 5.32 Å². The lowest BCUT2D eigenvalue weighted by Crippen LogP contribution is -2.12. The number of benzene rings is 2. The molecule has 100 valence electrons. The van der Waals surface area contributed by atoms with Gasteiger partial charge in [0, 0.05) is 6.54 Å². The van der Waals surface area contributed by atoms with Crippen LogP contribution < -0.4 is 5.32 Å². The minimum absolute atomic E-state index is 0.184. The molecule has 1 N–H and O–H groups in total. The van der Waals surface area contributed by atoms with E-state index in [1.54, 1.807) is 6.07 Å². The van der Waals surface area contributed by atoms with E-state index in [1.165, 1.54) is 17.2 Å². The van der Waals surface area contributed by atoms with Gasteiger partial charge in [-0.05, 0) is 54.8 Å². The first-order chi connectivity index (χ1) is 9.11. The van der Waals surface area contributed by atoms with Crippen LogP contribution in [-0.2, 0) is 6.54 Å². The van der Waals surface area contributed by atoms with Crippen molar-refractivity contribution in [2.45, 2.75) is 27.3 Å². The van der Waals surface area contributed by atoms with Gasteiger partial charge in [0.2, 0.25) is 0 Å². The highest BCUT2D eigenvalue weighted by molar-refractivity contribution is 5.71. The topological polar surface area (TPSA) is 12.0 Å². The second-order valence-electron chi connectivity index (χ2n) is 4.90. The first kappa shape index (κ1) is 13.8. The van der Waals surface area contributed by atoms with Gasteiger partial charge in [0.25, 0.3) is 0 Å². The summed E-state index contributed by atoms with van der Waals surface area (Å²) in [6, 6.07) is 11.3. The maximum Gasteiger partial charge on any atom is 0.123 e. The van der Waals surface area contributed by atoms with Crippen molar-refractivity contribution in [3.8, 4) is 11.1 Å². The van der Waals surface area contributed by atoms with Crippen LogP contribution in [0.15, 0.2) is 36.4 Å². The lowest BCUT2D eigenvalue weighted by Gasteiger charge is -2.13. The molecule has 0 aliphatic rings. The molecule has 0 unspecified atom stereocenters. The molecule has 0 heterocycles. The van der Waals surface area contributed by atoms with Gasteiger partial charge in [0.05, 0.1) is 0 Å². The van der Waals surface area contributed by atoms with E-state index in [9.17, 15) is 4.39 Å². The summed E-state index contributed by atoms with van der Waals surface area (Å²) < 4.78 is 13.5. The molecule has 2 rings (SSSR count). The Kier molecular flexibility index (Phi) is 4.33. The molecule has 0 atom stereocenters. The van der Waals surface area contributed by atoms with Crippen LogP contribution in [0.4, 0.5) is 4.39 Å². The van der Waals surface area contributed by atoms with Crippen LogP contribution in [0.25, 0.3) is 11.1 Å². The highest BCUT2D eigenvalue weighted by atomic mass is 19.1. The summed E-state index contributed by atoms with van der Waals surface area (Å²) in [5, 5.41) is 3.33. The van der Waals surface area contributed by atoms with Gasteiger partial charge < -0.3 is 5.32 Å². The summed E-state index contributed by atoms with van der Waals surface area (Å²) in [6.07, 6.45) is 0. The van der Waals surface area contributed by atoms with Crippen LogP contribution in [0.3, 0.4) is 0 Å². The summed E-state index contributed by atoms with van der Waals surface area (Å²) in [7, 11) is 0. The highest BCUT2D eigenvalue weighted by Gasteiger charge is 2.09. The summed E-state index contributed by atoms with van der Waals surface area (Å²) in [4.78, 5) is 0. The number of hydrogen-bond donors (Lipinski definition) is 1. The van der Waals surface area contributed by atoms with Crippen molar-refractivity contribution in [2.24, 2.45) is 0 Å². The average molecular weight is 257 g/mol. The van der Waals surface area contributed by atoms with Crippen LogP contribution in [0.5, 0.6) is 0 Å². The third-order valence-corrected chi connectivity index (χ3v) is 3.32. The van der Waals surface area contributed by atoms with Gasteiger partial charge >= 0.3 is 0 Å². The normalized spacial score (nSPS) is 10.7. The molecule has 0 amide bonds. The molecule has 0 radical (unpaired) electrons. The molecule has 2 aromatic rings. The fraction of sp³-hybridized carbons (Fsp3) is 0.294. The predicted molar refractivity (Wildman–Crippen MR) is 78.7 cm³/mol. The minimum Gasteiger partial charge on any atom is -0.313 e. The van der Waals surface area contributed by atoms with E-state index in [2.05, 4.69) is 37.4 Å². The molecule has 0 saturated carbocycles. The van der Waals surface area contributed by atoms with E-state index in [4.69, 9.17) is 0 Å². The van der Waals surface area contributed by atoms with Crippen molar-refractivity contribution < 1.29 is 4.39 Å². The summed E-state index contributed by atoms with van der Waals surface area (Å²) in [5.41, 5.74) is 5.61. The van der Waals surface area contributed by atoms with Crippen molar-refractivity contribution in [1.29, 1.82) is 0 Å². The van der Waals surface area contributed by atoms with Gasteiger partial charge in [-0.1, -0.05) is 36.8 Å². The van der Waals surface area contributed by atoms with Gasteiger partial charge in [0.1, 0.15) is 5.82 Å². The van der Waals surface area contributed by atoms with Gasteiger partial charge in [-0.25, -0.2) is 4.39 Å². The molecule has 1 nitrogen and oxygen atoms in total. The van der Waals surface area contributed by atoms with Crippen LogP contribution in [0.1, 0.15) is 23.6 Å². The molecular weight excluding hydrogens is 237 g/mol. The van der Waals surface area contributed by atoms with E-state index in [1.807, 2.05) is 13.0 Å². The Balaban J connectivity index is 2.52. The molecule has 2 heteroatoms. The second-order valence-corrected chi connectivity index (χ2v) is 4.90. The van der Waals surface area contributed by atoms with Gasteiger partial charge in [-0.2, -0.15) is 0 Å². The lowest BCUT2D eigenvalue weighted by atomic mass is 9.94. The zero-order valence-corrected chi connectivity index (χ0v) is 11.8. The molecule has 0 aromatic heterocycles. The van der Waals surface area contributed by atoms with Crippen molar-refractivity contribution >= 4 is 0 Å². The third kappa shape index (κ3) is 3.21. The maximum absolute atomic E-state index is 13.5. The SMILES string of the molecule is CCNCc1ccc(C)cc1-c1cc(F)ccc1C. The summed E-state index contributed by atoms with van der Waals surface area (Å²) >= 11 is 0. The zero-order chi connectivity index (χ0) is 13.8. The Hall–Kier alpha value is -1.67. The standard InChI is InChI=1S/C17H20FN/c1-4-19-11-14-7-5-12(2)9-17(14)16-10-15(18)8-6-13(16)3/h5-10,19H,4,11H2,1-3H3. The van der Waals surface area contributed by atoms with Gasteiger partial charge in [-0.15, -0.1) is 0 Å². The van der Waals surface area contributed by atoms with Crippen molar-refractivity contribution in [3.63, 3.8) is 0 Å². The molecule has 2 aromatic carbocycles. The lowest BCUT2D eigenvalue weighted by molar-refractivity contribution is 0.628. The number of hydrogen-bond acceptors (Lipinski definition) is 1. The van der Waals surface area contributed by atoms with E-state index < -0.39 is 0 Å².